The van der Waals surface area contributed by atoms with E-state index in [1.807, 2.05) is 0 Å². The Morgan fingerprint density at radius 2 is 2.38 bits per heavy atom. The van der Waals surface area contributed by atoms with Gasteiger partial charge in [-0.1, -0.05) is 5.11 Å². The summed E-state index contributed by atoms with van der Waals surface area (Å²) in [6.07, 6.45) is -2.40. The van der Waals surface area contributed by atoms with Crippen molar-refractivity contribution in [3.63, 3.8) is 0 Å². The Bertz CT molecular complexity index is 752. The van der Waals surface area contributed by atoms with Crippen molar-refractivity contribution in [3.05, 3.63) is 31.6 Å². The predicted molar refractivity (Wildman–Crippen MR) is 82.8 cm³/mol. The van der Waals surface area contributed by atoms with E-state index in [2.05, 4.69) is 36.3 Å². The number of hydrogen-bond donors (Lipinski definition) is 3. The number of aliphatic hydroxyl groups excluding tert-OH is 2. The van der Waals surface area contributed by atoms with Gasteiger partial charge >= 0.3 is 5.69 Å². The molecule has 2 aliphatic rings. The fourth-order valence-electron chi connectivity index (χ4n) is 2.43. The molecule has 2 heterocycles. The van der Waals surface area contributed by atoms with Gasteiger partial charge in [0.25, 0.3) is 0 Å². The molecule has 3 N–H and O–H groups in total. The maximum atomic E-state index is 14.4. The van der Waals surface area contributed by atoms with Crippen LogP contribution in [0.5, 0.6) is 0 Å². The van der Waals surface area contributed by atoms with Gasteiger partial charge in [0.05, 0.1) is 11.1 Å². The van der Waals surface area contributed by atoms with E-state index in [-0.39, 0.29) is 6.04 Å². The van der Waals surface area contributed by atoms with Gasteiger partial charge in [0.15, 0.2) is 12.4 Å². The first-order chi connectivity index (χ1) is 11.4. The predicted octanol–water partition coefficient (Wildman–Crippen LogP) is 0.807. The standard InChI is InChI=1S/C12H14BrFN6O4/c13-6-3-20(11(23)17-9(6)16-5-1-2-5)10-7(14)8(22)12(4-21,24-10)18-19-15/h3,5,7-8,10,21-22H,1-2,4H2,(H,16,17,23)/t7-,8-,10+,12+/m0/s1. The quantitative estimate of drug-likeness (QED) is 0.376. The summed E-state index contributed by atoms with van der Waals surface area (Å²) in [5.74, 6) is 0.330. The summed E-state index contributed by atoms with van der Waals surface area (Å²) < 4.78 is 20.9. The molecule has 0 bridgehead atoms. The Balaban J connectivity index is 1.95. The van der Waals surface area contributed by atoms with Crippen LogP contribution in [0.25, 0.3) is 10.4 Å². The number of ether oxygens (including phenoxy) is 1. The molecule has 1 aliphatic carbocycles. The Morgan fingerprint density at radius 3 is 2.96 bits per heavy atom. The van der Waals surface area contributed by atoms with E-state index in [0.717, 1.165) is 17.4 Å². The van der Waals surface area contributed by atoms with Crippen LogP contribution in [0.15, 0.2) is 20.6 Å². The molecule has 0 aromatic carbocycles. The molecular formula is C12H14BrFN6O4. The lowest BCUT2D eigenvalue weighted by atomic mass is 10.1. The van der Waals surface area contributed by atoms with E-state index in [0.29, 0.717) is 10.3 Å². The maximum Gasteiger partial charge on any atom is 0.351 e. The van der Waals surface area contributed by atoms with E-state index in [1.165, 1.54) is 6.20 Å². The molecule has 0 radical (unpaired) electrons. The van der Waals surface area contributed by atoms with Crippen molar-refractivity contribution in [1.29, 1.82) is 0 Å². The van der Waals surface area contributed by atoms with Gasteiger partial charge in [0, 0.05) is 17.2 Å². The van der Waals surface area contributed by atoms with Crippen LogP contribution in [0.4, 0.5) is 10.2 Å². The SMILES string of the molecule is [N-]=[N+]=N[C@]1(CO)O[C@@H](n2cc(Br)c(NC3CC3)nc2=O)[C@@H](F)[C@@H]1O. The van der Waals surface area contributed by atoms with Crippen molar-refractivity contribution in [2.24, 2.45) is 5.11 Å². The Morgan fingerprint density at radius 1 is 1.67 bits per heavy atom. The third kappa shape index (κ3) is 2.87. The molecule has 12 heteroatoms. The number of nitrogens with zero attached hydrogens (tertiary/aromatic N) is 5. The van der Waals surface area contributed by atoms with Crippen molar-refractivity contribution in [1.82, 2.24) is 9.55 Å². The van der Waals surface area contributed by atoms with Crippen LogP contribution >= 0.6 is 15.9 Å². The number of nitrogens with one attached hydrogen (secondary N) is 1. The number of rotatable bonds is 5. The maximum absolute atomic E-state index is 14.4. The minimum Gasteiger partial charge on any atom is -0.393 e. The second-order valence-corrected chi connectivity index (χ2v) is 6.49. The fraction of sp³-hybridized carbons (Fsp3) is 0.667. The van der Waals surface area contributed by atoms with E-state index in [1.54, 1.807) is 0 Å². The zero-order chi connectivity index (χ0) is 17.5. The molecule has 0 unspecified atom stereocenters. The topological polar surface area (TPSA) is 145 Å². The van der Waals surface area contributed by atoms with Crippen LogP contribution in [0, 0.1) is 0 Å². The van der Waals surface area contributed by atoms with Crippen LogP contribution in [0.1, 0.15) is 19.1 Å². The second kappa shape index (κ2) is 6.30. The molecular weight excluding hydrogens is 391 g/mol. The van der Waals surface area contributed by atoms with Crippen molar-refractivity contribution in [2.75, 3.05) is 11.9 Å². The molecule has 3 rings (SSSR count). The monoisotopic (exact) mass is 404 g/mol. The number of aromatic nitrogens is 2. The Hall–Kier alpha value is -1.72. The first-order valence-corrected chi connectivity index (χ1v) is 7.93. The molecule has 1 aliphatic heterocycles. The van der Waals surface area contributed by atoms with Gasteiger partial charge in [-0.2, -0.15) is 4.98 Å². The fourth-order valence-corrected chi connectivity index (χ4v) is 2.85. The summed E-state index contributed by atoms with van der Waals surface area (Å²) >= 11 is 3.24. The molecule has 4 atom stereocenters. The van der Waals surface area contributed by atoms with Gasteiger partial charge in [-0.15, -0.1) is 0 Å². The molecule has 130 valence electrons. The minimum absolute atomic E-state index is 0.259. The first-order valence-electron chi connectivity index (χ1n) is 7.14. The van der Waals surface area contributed by atoms with Gasteiger partial charge in [0.1, 0.15) is 11.9 Å². The number of aliphatic hydroxyl groups is 2. The third-order valence-corrected chi connectivity index (χ3v) is 4.48. The van der Waals surface area contributed by atoms with Crippen LogP contribution < -0.4 is 11.0 Å². The molecule has 1 aromatic heterocycles. The van der Waals surface area contributed by atoms with Gasteiger partial charge < -0.3 is 20.3 Å². The van der Waals surface area contributed by atoms with Crippen molar-refractivity contribution >= 4 is 21.7 Å². The molecule has 1 aromatic rings. The van der Waals surface area contributed by atoms with Crippen LogP contribution in [0.3, 0.4) is 0 Å². The normalized spacial score (nSPS) is 32.4. The largest absolute Gasteiger partial charge is 0.393 e. The summed E-state index contributed by atoms with van der Waals surface area (Å²) in [6, 6.07) is 0.259. The smallest absolute Gasteiger partial charge is 0.351 e. The molecule has 1 saturated carbocycles. The summed E-state index contributed by atoms with van der Waals surface area (Å²) in [4.78, 5) is 18.5. The summed E-state index contributed by atoms with van der Waals surface area (Å²) in [6.45, 7) is -0.945. The van der Waals surface area contributed by atoms with Gasteiger partial charge in [-0.25, -0.2) is 9.18 Å². The van der Waals surface area contributed by atoms with Gasteiger partial charge in [0.2, 0.25) is 5.72 Å². The highest BCUT2D eigenvalue weighted by Crippen LogP contribution is 2.40. The summed E-state index contributed by atoms with van der Waals surface area (Å²) in [5, 5.41) is 25.5. The summed E-state index contributed by atoms with van der Waals surface area (Å²) in [5.41, 5.74) is 5.54. The zero-order valence-corrected chi connectivity index (χ0v) is 13.8. The van der Waals surface area contributed by atoms with Crippen LogP contribution in [-0.4, -0.2) is 50.4 Å². The third-order valence-electron chi connectivity index (χ3n) is 3.90. The molecule has 24 heavy (non-hydrogen) atoms. The van der Waals surface area contributed by atoms with E-state index in [9.17, 15) is 19.4 Å². The van der Waals surface area contributed by atoms with Crippen LogP contribution in [-0.2, 0) is 4.74 Å². The Labute approximate surface area is 143 Å². The van der Waals surface area contributed by atoms with Crippen molar-refractivity contribution in [2.45, 2.75) is 43.1 Å². The first kappa shape index (κ1) is 17.1. The highest BCUT2D eigenvalue weighted by atomic mass is 79.9. The summed E-state index contributed by atoms with van der Waals surface area (Å²) in [7, 11) is 0. The van der Waals surface area contributed by atoms with Gasteiger partial charge in [-0.05, 0) is 34.3 Å². The average molecular weight is 405 g/mol. The lowest BCUT2D eigenvalue weighted by Gasteiger charge is -2.23. The lowest BCUT2D eigenvalue weighted by Crippen LogP contribution is -2.43. The number of azide groups is 1. The van der Waals surface area contributed by atoms with Crippen LogP contribution in [0.2, 0.25) is 0 Å². The molecule has 2 fully saturated rings. The highest BCUT2D eigenvalue weighted by molar-refractivity contribution is 9.10. The minimum atomic E-state index is -2.20. The Kier molecular flexibility index (Phi) is 4.49. The molecule has 0 amide bonds. The van der Waals surface area contributed by atoms with Crippen molar-refractivity contribution < 1.29 is 19.3 Å². The lowest BCUT2D eigenvalue weighted by molar-refractivity contribution is -0.124. The van der Waals surface area contributed by atoms with E-state index in [4.69, 9.17) is 10.3 Å². The van der Waals surface area contributed by atoms with Gasteiger partial charge in [-0.3, -0.25) is 4.57 Å². The van der Waals surface area contributed by atoms with E-state index >= 15 is 0 Å². The number of halogens is 2. The second-order valence-electron chi connectivity index (χ2n) is 5.64. The number of anilines is 1. The van der Waals surface area contributed by atoms with E-state index < -0.39 is 36.5 Å². The number of hydrogen-bond acceptors (Lipinski definition) is 7. The average Bonchev–Trinajstić information content (AvgIpc) is 3.34. The van der Waals surface area contributed by atoms with Crippen molar-refractivity contribution in [3.8, 4) is 0 Å². The molecule has 0 spiro atoms. The highest BCUT2D eigenvalue weighted by Gasteiger charge is 2.56. The zero-order valence-electron chi connectivity index (χ0n) is 12.2. The number of alkyl halides is 1. The molecule has 1 saturated heterocycles. The molecule has 10 nitrogen and oxygen atoms in total.